The molecule has 0 bridgehead atoms. The lowest BCUT2D eigenvalue weighted by molar-refractivity contribution is 0.588. The van der Waals surface area contributed by atoms with Gasteiger partial charge in [-0.3, -0.25) is 0 Å². The monoisotopic (exact) mass is 359 g/mol. The zero-order valence-corrected chi connectivity index (χ0v) is 14.3. The first-order valence-corrected chi connectivity index (χ1v) is 8.68. The predicted octanol–water partition coefficient (Wildman–Crippen LogP) is 3.47. The molecule has 0 unspecified atom stereocenters. The van der Waals surface area contributed by atoms with Crippen LogP contribution in [-0.4, -0.2) is 20.4 Å². The second-order valence-electron chi connectivity index (χ2n) is 4.62. The van der Waals surface area contributed by atoms with Crippen molar-refractivity contribution in [3.05, 3.63) is 52.1 Å². The molecule has 5 nitrogen and oxygen atoms in total. The van der Waals surface area contributed by atoms with Crippen LogP contribution in [0.15, 0.2) is 41.4 Å². The molecular weight excluding hydrogens is 345 g/mol. The maximum Gasteiger partial charge on any atom is 0.241 e. The molecular formula is C14H15Cl2N3O2S. The zero-order valence-electron chi connectivity index (χ0n) is 12.0. The standard InChI is InChI=1S/C14H15Cl2N3O2S/c1-9(12-5-3-10(15)7-13(12)16)19-14-6-4-11(8-18-14)22(20,21)17-2/h3-9,17H,1-2H3,(H,18,19)/t9-/m0/s1. The molecule has 22 heavy (non-hydrogen) atoms. The molecule has 2 rings (SSSR count). The highest BCUT2D eigenvalue weighted by Crippen LogP contribution is 2.28. The third-order valence-corrected chi connectivity index (χ3v) is 5.07. The summed E-state index contributed by atoms with van der Waals surface area (Å²) in [5, 5.41) is 4.29. The van der Waals surface area contributed by atoms with E-state index < -0.39 is 10.0 Å². The summed E-state index contributed by atoms with van der Waals surface area (Å²) in [7, 11) is -2.13. The topological polar surface area (TPSA) is 71.1 Å². The summed E-state index contributed by atoms with van der Waals surface area (Å²) in [6.45, 7) is 1.93. The number of hydrogen-bond donors (Lipinski definition) is 2. The van der Waals surface area contributed by atoms with E-state index in [0.717, 1.165) is 5.56 Å². The maximum absolute atomic E-state index is 11.6. The minimum atomic E-state index is -3.48. The normalized spacial score (nSPS) is 12.9. The van der Waals surface area contributed by atoms with Gasteiger partial charge in [-0.2, -0.15) is 0 Å². The van der Waals surface area contributed by atoms with E-state index in [4.69, 9.17) is 23.2 Å². The first kappa shape index (κ1) is 17.0. The van der Waals surface area contributed by atoms with E-state index in [9.17, 15) is 8.42 Å². The first-order valence-electron chi connectivity index (χ1n) is 6.44. The molecule has 1 atom stereocenters. The molecule has 1 aromatic carbocycles. The van der Waals surface area contributed by atoms with Crippen molar-refractivity contribution in [2.45, 2.75) is 17.9 Å². The minimum Gasteiger partial charge on any atom is -0.363 e. The fourth-order valence-electron chi connectivity index (χ4n) is 1.89. The van der Waals surface area contributed by atoms with Crippen LogP contribution in [0.25, 0.3) is 0 Å². The van der Waals surface area contributed by atoms with Gasteiger partial charge in [0.1, 0.15) is 10.7 Å². The Labute approximate surface area is 139 Å². The number of halogens is 2. The second-order valence-corrected chi connectivity index (χ2v) is 7.35. The number of nitrogens with zero attached hydrogens (tertiary/aromatic N) is 1. The lowest BCUT2D eigenvalue weighted by Gasteiger charge is -2.16. The van der Waals surface area contributed by atoms with Crippen LogP contribution >= 0.6 is 23.2 Å². The SMILES string of the molecule is CNS(=O)(=O)c1ccc(N[C@@H](C)c2ccc(Cl)cc2Cl)nc1. The summed E-state index contributed by atoms with van der Waals surface area (Å²) in [4.78, 5) is 4.22. The summed E-state index contributed by atoms with van der Waals surface area (Å²) in [6.07, 6.45) is 1.30. The van der Waals surface area contributed by atoms with Gasteiger partial charge in [-0.1, -0.05) is 29.3 Å². The molecule has 0 aliphatic carbocycles. The van der Waals surface area contributed by atoms with E-state index in [-0.39, 0.29) is 10.9 Å². The Bertz CT molecular complexity index is 764. The molecule has 1 aromatic heterocycles. The van der Waals surface area contributed by atoms with E-state index in [1.165, 1.54) is 19.3 Å². The zero-order chi connectivity index (χ0) is 16.3. The highest BCUT2D eigenvalue weighted by molar-refractivity contribution is 7.89. The van der Waals surface area contributed by atoms with Crippen LogP contribution in [0.1, 0.15) is 18.5 Å². The van der Waals surface area contributed by atoms with Gasteiger partial charge in [-0.25, -0.2) is 18.1 Å². The fraction of sp³-hybridized carbons (Fsp3) is 0.214. The van der Waals surface area contributed by atoms with Gasteiger partial charge in [0.05, 0.1) is 6.04 Å². The van der Waals surface area contributed by atoms with Crippen molar-refractivity contribution in [2.24, 2.45) is 0 Å². The minimum absolute atomic E-state index is 0.107. The smallest absolute Gasteiger partial charge is 0.241 e. The van der Waals surface area contributed by atoms with Crippen LogP contribution in [-0.2, 0) is 10.0 Å². The largest absolute Gasteiger partial charge is 0.363 e. The highest BCUT2D eigenvalue weighted by atomic mass is 35.5. The Balaban J connectivity index is 2.17. The van der Waals surface area contributed by atoms with Crippen molar-refractivity contribution < 1.29 is 8.42 Å². The number of pyridine rings is 1. The molecule has 0 aliphatic rings. The van der Waals surface area contributed by atoms with Crippen LogP contribution in [0.2, 0.25) is 10.0 Å². The molecule has 0 spiro atoms. The Kier molecular flexibility index (Phi) is 5.28. The van der Waals surface area contributed by atoms with Gasteiger partial charge in [0, 0.05) is 16.2 Å². The first-order chi connectivity index (χ1) is 10.3. The molecule has 0 saturated carbocycles. The van der Waals surface area contributed by atoms with Gasteiger partial charge >= 0.3 is 0 Å². The van der Waals surface area contributed by atoms with Crippen molar-refractivity contribution in [3.63, 3.8) is 0 Å². The third-order valence-electron chi connectivity index (χ3n) is 3.11. The average Bonchev–Trinajstić information content (AvgIpc) is 2.47. The van der Waals surface area contributed by atoms with Gasteiger partial charge in [0.2, 0.25) is 10.0 Å². The van der Waals surface area contributed by atoms with Crippen molar-refractivity contribution in [1.82, 2.24) is 9.71 Å². The van der Waals surface area contributed by atoms with Gasteiger partial charge < -0.3 is 5.32 Å². The molecule has 1 heterocycles. The van der Waals surface area contributed by atoms with Crippen molar-refractivity contribution in [3.8, 4) is 0 Å². The summed E-state index contributed by atoms with van der Waals surface area (Å²) >= 11 is 12.0. The lowest BCUT2D eigenvalue weighted by atomic mass is 10.1. The van der Waals surface area contributed by atoms with Gasteiger partial charge in [-0.05, 0) is 43.8 Å². The second kappa shape index (κ2) is 6.83. The molecule has 0 aliphatic heterocycles. The summed E-state index contributed by atoms with van der Waals surface area (Å²) < 4.78 is 25.5. The average molecular weight is 360 g/mol. The molecule has 8 heteroatoms. The molecule has 2 N–H and O–H groups in total. The maximum atomic E-state index is 11.6. The Morgan fingerprint density at radius 2 is 1.91 bits per heavy atom. The fourth-order valence-corrected chi connectivity index (χ4v) is 3.14. The molecule has 0 amide bonds. The molecule has 2 aromatic rings. The quantitative estimate of drug-likeness (QED) is 0.857. The van der Waals surface area contributed by atoms with Crippen molar-refractivity contribution >= 4 is 39.0 Å². The van der Waals surface area contributed by atoms with E-state index in [2.05, 4.69) is 15.0 Å². The van der Waals surface area contributed by atoms with E-state index in [1.807, 2.05) is 13.0 Å². The van der Waals surface area contributed by atoms with E-state index in [0.29, 0.717) is 15.9 Å². The van der Waals surface area contributed by atoms with Crippen LogP contribution in [0.3, 0.4) is 0 Å². The number of sulfonamides is 1. The molecule has 0 radical (unpaired) electrons. The molecule has 118 valence electrons. The number of nitrogens with one attached hydrogen (secondary N) is 2. The Hall–Kier alpha value is -1.34. The van der Waals surface area contributed by atoms with Crippen LogP contribution in [0.4, 0.5) is 5.82 Å². The van der Waals surface area contributed by atoms with Crippen LogP contribution in [0, 0.1) is 0 Å². The number of benzene rings is 1. The summed E-state index contributed by atoms with van der Waals surface area (Å²) in [5.74, 6) is 0.550. The number of aromatic nitrogens is 1. The van der Waals surface area contributed by atoms with Gasteiger partial charge in [0.15, 0.2) is 0 Å². The van der Waals surface area contributed by atoms with Crippen molar-refractivity contribution in [2.75, 3.05) is 12.4 Å². The van der Waals surface area contributed by atoms with E-state index in [1.54, 1.807) is 18.2 Å². The number of rotatable bonds is 5. The molecule has 0 saturated heterocycles. The number of hydrogen-bond acceptors (Lipinski definition) is 4. The number of anilines is 1. The third kappa shape index (κ3) is 3.89. The summed E-state index contributed by atoms with van der Waals surface area (Å²) in [5.41, 5.74) is 0.875. The highest BCUT2D eigenvalue weighted by Gasteiger charge is 2.13. The van der Waals surface area contributed by atoms with Gasteiger partial charge in [-0.15, -0.1) is 0 Å². The molecule has 0 fully saturated rings. The summed E-state index contributed by atoms with van der Waals surface area (Å²) in [6, 6.07) is 8.25. The van der Waals surface area contributed by atoms with E-state index >= 15 is 0 Å². The predicted molar refractivity (Wildman–Crippen MR) is 89.0 cm³/mol. The Morgan fingerprint density at radius 1 is 1.18 bits per heavy atom. The van der Waals surface area contributed by atoms with Crippen molar-refractivity contribution in [1.29, 1.82) is 0 Å². The Morgan fingerprint density at radius 3 is 2.45 bits per heavy atom. The van der Waals surface area contributed by atoms with Gasteiger partial charge in [0.25, 0.3) is 0 Å². The van der Waals surface area contributed by atoms with Crippen LogP contribution in [0.5, 0.6) is 0 Å². The van der Waals surface area contributed by atoms with Crippen LogP contribution < -0.4 is 10.0 Å². The lowest BCUT2D eigenvalue weighted by Crippen LogP contribution is -2.18.